The minimum Gasteiger partial charge on any atom is -0.337 e. The first kappa shape index (κ1) is 12.8. The zero-order chi connectivity index (χ0) is 13.8. The maximum absolute atomic E-state index is 12.3. The lowest BCUT2D eigenvalue weighted by atomic mass is 9.96. The number of amides is 1. The van der Waals surface area contributed by atoms with Crippen LogP contribution >= 0.6 is 0 Å². The van der Waals surface area contributed by atoms with E-state index in [0.717, 1.165) is 32.5 Å². The van der Waals surface area contributed by atoms with Crippen LogP contribution in [0.15, 0.2) is 42.9 Å². The summed E-state index contributed by atoms with van der Waals surface area (Å²) in [7, 11) is 0. The van der Waals surface area contributed by atoms with E-state index in [1.165, 1.54) is 0 Å². The molecule has 0 bridgehead atoms. The number of rotatable bonds is 3. The van der Waals surface area contributed by atoms with Gasteiger partial charge in [0.15, 0.2) is 0 Å². The van der Waals surface area contributed by atoms with E-state index in [9.17, 15) is 4.79 Å². The summed E-state index contributed by atoms with van der Waals surface area (Å²) < 4.78 is 1.97. The van der Waals surface area contributed by atoms with Gasteiger partial charge < -0.3 is 4.90 Å². The number of carbonyl (C=O) groups is 1. The molecule has 104 valence electrons. The molecule has 20 heavy (non-hydrogen) atoms. The average Bonchev–Trinajstić information content (AvgIpc) is 3.01. The highest BCUT2D eigenvalue weighted by atomic mass is 16.2. The largest absolute Gasteiger partial charge is 0.337 e. The van der Waals surface area contributed by atoms with Crippen molar-refractivity contribution in [2.75, 3.05) is 13.1 Å². The Balaban J connectivity index is 1.55. The van der Waals surface area contributed by atoms with E-state index < -0.39 is 0 Å². The molecular formula is C15H18N4O. The molecule has 3 rings (SSSR count). The van der Waals surface area contributed by atoms with E-state index in [1.807, 2.05) is 34.0 Å². The van der Waals surface area contributed by atoms with Gasteiger partial charge in [-0.2, -0.15) is 5.10 Å². The van der Waals surface area contributed by atoms with E-state index in [0.29, 0.717) is 11.6 Å². The predicted molar refractivity (Wildman–Crippen MR) is 75.1 cm³/mol. The van der Waals surface area contributed by atoms with Crippen molar-refractivity contribution in [2.45, 2.75) is 19.4 Å². The summed E-state index contributed by atoms with van der Waals surface area (Å²) in [6, 6.07) is 7.40. The third-order valence-corrected chi connectivity index (χ3v) is 3.79. The van der Waals surface area contributed by atoms with E-state index in [-0.39, 0.29) is 5.91 Å². The summed E-state index contributed by atoms with van der Waals surface area (Å²) in [4.78, 5) is 18.3. The summed E-state index contributed by atoms with van der Waals surface area (Å²) >= 11 is 0. The molecular weight excluding hydrogens is 252 g/mol. The summed E-state index contributed by atoms with van der Waals surface area (Å²) in [6.07, 6.45) is 7.51. The number of likely N-dealkylation sites (tertiary alicyclic amines) is 1. The molecule has 1 amide bonds. The second kappa shape index (κ2) is 5.86. The minimum absolute atomic E-state index is 0.0446. The number of hydrogen-bond donors (Lipinski definition) is 0. The number of aromatic nitrogens is 3. The summed E-state index contributed by atoms with van der Waals surface area (Å²) in [5.41, 5.74) is 0.540. The first-order valence-electron chi connectivity index (χ1n) is 7.00. The first-order chi connectivity index (χ1) is 9.83. The van der Waals surface area contributed by atoms with Crippen LogP contribution in [0.1, 0.15) is 23.3 Å². The Morgan fingerprint density at radius 1 is 1.20 bits per heavy atom. The third kappa shape index (κ3) is 2.87. The fraction of sp³-hybridized carbons (Fsp3) is 0.400. The molecule has 0 radical (unpaired) electrons. The van der Waals surface area contributed by atoms with Gasteiger partial charge in [-0.15, -0.1) is 0 Å². The van der Waals surface area contributed by atoms with Crippen LogP contribution in [-0.2, 0) is 6.54 Å². The highest BCUT2D eigenvalue weighted by Crippen LogP contribution is 2.20. The van der Waals surface area contributed by atoms with Crippen LogP contribution in [0.5, 0.6) is 0 Å². The van der Waals surface area contributed by atoms with Crippen molar-refractivity contribution in [2.24, 2.45) is 5.92 Å². The van der Waals surface area contributed by atoms with Gasteiger partial charge in [-0.3, -0.25) is 14.5 Å². The Morgan fingerprint density at radius 2 is 2.05 bits per heavy atom. The van der Waals surface area contributed by atoms with Gasteiger partial charge in [-0.25, -0.2) is 0 Å². The van der Waals surface area contributed by atoms with Crippen LogP contribution in [0.25, 0.3) is 0 Å². The molecule has 0 spiro atoms. The highest BCUT2D eigenvalue weighted by molar-refractivity contribution is 5.92. The van der Waals surface area contributed by atoms with Crippen molar-refractivity contribution in [1.82, 2.24) is 19.7 Å². The van der Waals surface area contributed by atoms with Crippen LogP contribution in [-0.4, -0.2) is 38.7 Å². The molecule has 5 nitrogen and oxygen atoms in total. The molecule has 2 aromatic heterocycles. The molecule has 0 saturated carbocycles. The summed E-state index contributed by atoms with van der Waals surface area (Å²) in [5.74, 6) is 0.644. The maximum Gasteiger partial charge on any atom is 0.272 e. The van der Waals surface area contributed by atoms with Crippen LogP contribution in [0.3, 0.4) is 0 Å². The van der Waals surface area contributed by atoms with E-state index in [4.69, 9.17) is 0 Å². The molecule has 0 aliphatic carbocycles. The average molecular weight is 270 g/mol. The van der Waals surface area contributed by atoms with Crippen LogP contribution < -0.4 is 0 Å². The lowest BCUT2D eigenvalue weighted by Crippen LogP contribution is -2.39. The van der Waals surface area contributed by atoms with Crippen molar-refractivity contribution in [1.29, 1.82) is 0 Å². The third-order valence-electron chi connectivity index (χ3n) is 3.79. The van der Waals surface area contributed by atoms with Gasteiger partial charge in [0, 0.05) is 38.2 Å². The Bertz CT molecular complexity index is 545. The summed E-state index contributed by atoms with van der Waals surface area (Å²) in [5, 5.41) is 4.24. The zero-order valence-electron chi connectivity index (χ0n) is 11.4. The molecule has 0 N–H and O–H groups in total. The molecule has 0 atom stereocenters. The lowest BCUT2D eigenvalue weighted by Gasteiger charge is -2.31. The molecule has 1 saturated heterocycles. The van der Waals surface area contributed by atoms with Crippen molar-refractivity contribution < 1.29 is 4.79 Å². The van der Waals surface area contributed by atoms with Gasteiger partial charge in [-0.05, 0) is 37.0 Å². The number of pyridine rings is 1. The highest BCUT2D eigenvalue weighted by Gasteiger charge is 2.24. The quantitative estimate of drug-likeness (QED) is 0.855. The topological polar surface area (TPSA) is 51.0 Å². The van der Waals surface area contributed by atoms with Crippen molar-refractivity contribution >= 4 is 5.91 Å². The Morgan fingerprint density at radius 3 is 2.70 bits per heavy atom. The predicted octanol–water partition coefficient (Wildman–Crippen LogP) is 1.83. The number of carbonyl (C=O) groups excluding carboxylic acids is 1. The van der Waals surface area contributed by atoms with E-state index in [2.05, 4.69) is 10.1 Å². The SMILES string of the molecule is O=C(c1ccccn1)N1CCC(Cn2cccn2)CC1. The van der Waals surface area contributed by atoms with Gasteiger partial charge in [0.2, 0.25) is 0 Å². The molecule has 0 aromatic carbocycles. The molecule has 1 fully saturated rings. The smallest absolute Gasteiger partial charge is 0.272 e. The Kier molecular flexibility index (Phi) is 3.76. The van der Waals surface area contributed by atoms with E-state index >= 15 is 0 Å². The Labute approximate surface area is 118 Å². The van der Waals surface area contributed by atoms with Crippen molar-refractivity contribution in [3.63, 3.8) is 0 Å². The minimum atomic E-state index is 0.0446. The van der Waals surface area contributed by atoms with Crippen LogP contribution in [0, 0.1) is 5.92 Å². The second-order valence-electron chi connectivity index (χ2n) is 5.18. The molecule has 5 heteroatoms. The zero-order valence-corrected chi connectivity index (χ0v) is 11.4. The summed E-state index contributed by atoms with van der Waals surface area (Å²) in [6.45, 7) is 2.56. The molecule has 2 aromatic rings. The first-order valence-corrected chi connectivity index (χ1v) is 7.00. The van der Waals surface area contributed by atoms with Gasteiger partial charge in [0.05, 0.1) is 0 Å². The molecule has 3 heterocycles. The van der Waals surface area contributed by atoms with Crippen molar-refractivity contribution in [3.8, 4) is 0 Å². The fourth-order valence-electron chi connectivity index (χ4n) is 2.64. The number of piperidine rings is 1. The molecule has 0 unspecified atom stereocenters. The van der Waals surface area contributed by atoms with E-state index in [1.54, 1.807) is 18.5 Å². The molecule has 1 aliphatic rings. The monoisotopic (exact) mass is 270 g/mol. The Hall–Kier alpha value is -2.17. The van der Waals surface area contributed by atoms with Crippen molar-refractivity contribution in [3.05, 3.63) is 48.5 Å². The number of nitrogens with zero attached hydrogens (tertiary/aromatic N) is 4. The van der Waals surface area contributed by atoms with Crippen LogP contribution in [0.4, 0.5) is 0 Å². The number of hydrogen-bond acceptors (Lipinski definition) is 3. The van der Waals surface area contributed by atoms with Gasteiger partial charge in [0.1, 0.15) is 5.69 Å². The standard InChI is InChI=1S/C15H18N4O/c20-15(14-4-1-2-7-16-14)18-10-5-13(6-11-18)12-19-9-3-8-17-19/h1-4,7-9,13H,5-6,10-12H2. The van der Waals surface area contributed by atoms with Gasteiger partial charge >= 0.3 is 0 Å². The van der Waals surface area contributed by atoms with Gasteiger partial charge in [0.25, 0.3) is 5.91 Å². The van der Waals surface area contributed by atoms with Gasteiger partial charge in [-0.1, -0.05) is 6.07 Å². The second-order valence-corrected chi connectivity index (χ2v) is 5.18. The van der Waals surface area contributed by atoms with Crippen LogP contribution in [0.2, 0.25) is 0 Å². The molecule has 1 aliphatic heterocycles. The lowest BCUT2D eigenvalue weighted by molar-refractivity contribution is 0.0675. The normalized spacial score (nSPS) is 16.3. The maximum atomic E-state index is 12.3. The fourth-order valence-corrected chi connectivity index (χ4v) is 2.64.